The summed E-state index contributed by atoms with van der Waals surface area (Å²) in [7, 11) is 1.34. The molecule has 1 aliphatic rings. The summed E-state index contributed by atoms with van der Waals surface area (Å²) in [5.41, 5.74) is 4.36. The number of methoxy groups -OCH3 is 1. The number of nitrogens with zero attached hydrogens (tertiary/aromatic N) is 2. The van der Waals surface area contributed by atoms with Crippen LogP contribution in [0.2, 0.25) is 0 Å². The summed E-state index contributed by atoms with van der Waals surface area (Å²) in [6.45, 7) is 7.60. The van der Waals surface area contributed by atoms with Gasteiger partial charge in [-0.1, -0.05) is 42.8 Å². The average molecular weight is 438 g/mol. The van der Waals surface area contributed by atoms with Gasteiger partial charge < -0.3 is 15.4 Å². The minimum absolute atomic E-state index is 0.478. The van der Waals surface area contributed by atoms with Crippen molar-refractivity contribution in [3.8, 4) is 0 Å². The summed E-state index contributed by atoms with van der Waals surface area (Å²) < 4.78 is 4.60. The quantitative estimate of drug-likeness (QED) is 0.428. The summed E-state index contributed by atoms with van der Waals surface area (Å²) in [6.07, 6.45) is 3.54. The maximum atomic E-state index is 11.3. The zero-order valence-electron chi connectivity index (χ0n) is 19.2. The van der Waals surface area contributed by atoms with Crippen LogP contribution in [0.25, 0.3) is 0 Å². The minimum Gasteiger partial charge on any atom is -0.453 e. The number of rotatable bonds is 8. The van der Waals surface area contributed by atoms with Gasteiger partial charge in [0.15, 0.2) is 5.96 Å². The SMILES string of the molecule is CCNC(=NCc1ccc(NC(=O)OC)cc1)NCc1ccc(CN2CCCCC2)cc1. The number of guanidine groups is 1. The van der Waals surface area contributed by atoms with E-state index < -0.39 is 6.09 Å². The van der Waals surface area contributed by atoms with Crippen LogP contribution in [-0.2, 0) is 24.4 Å². The van der Waals surface area contributed by atoms with Crippen LogP contribution in [0.15, 0.2) is 53.5 Å². The van der Waals surface area contributed by atoms with Crippen molar-refractivity contribution in [2.24, 2.45) is 4.99 Å². The van der Waals surface area contributed by atoms with E-state index in [1.54, 1.807) is 0 Å². The molecule has 3 N–H and O–H groups in total. The summed E-state index contributed by atoms with van der Waals surface area (Å²) in [5.74, 6) is 0.779. The first kappa shape index (κ1) is 23.6. The van der Waals surface area contributed by atoms with Crippen molar-refractivity contribution in [1.82, 2.24) is 15.5 Å². The summed E-state index contributed by atoms with van der Waals surface area (Å²) in [6, 6.07) is 16.4. The van der Waals surface area contributed by atoms with Crippen molar-refractivity contribution in [2.75, 3.05) is 32.1 Å². The maximum Gasteiger partial charge on any atom is 0.411 e. The van der Waals surface area contributed by atoms with E-state index in [0.29, 0.717) is 12.2 Å². The molecule has 172 valence electrons. The largest absolute Gasteiger partial charge is 0.453 e. The molecule has 0 spiro atoms. The Morgan fingerprint density at radius 1 is 0.938 bits per heavy atom. The molecule has 2 aromatic rings. The molecule has 7 heteroatoms. The summed E-state index contributed by atoms with van der Waals surface area (Å²) in [4.78, 5) is 18.5. The molecule has 0 atom stereocenters. The second-order valence-corrected chi connectivity index (χ2v) is 8.02. The number of anilines is 1. The Bertz CT molecular complexity index is 859. The van der Waals surface area contributed by atoms with Gasteiger partial charge in [0, 0.05) is 25.3 Å². The van der Waals surface area contributed by atoms with Crippen LogP contribution in [0.5, 0.6) is 0 Å². The van der Waals surface area contributed by atoms with Crippen molar-refractivity contribution >= 4 is 17.7 Å². The first-order valence-corrected chi connectivity index (χ1v) is 11.4. The van der Waals surface area contributed by atoms with E-state index in [-0.39, 0.29) is 0 Å². The number of benzene rings is 2. The summed E-state index contributed by atoms with van der Waals surface area (Å²) in [5, 5.41) is 9.35. The number of carbonyl (C=O) groups excluding carboxylic acids is 1. The van der Waals surface area contributed by atoms with Crippen LogP contribution in [0, 0.1) is 0 Å². The molecule has 0 bridgehead atoms. The number of likely N-dealkylation sites (tertiary alicyclic amines) is 1. The Labute approximate surface area is 191 Å². The lowest BCUT2D eigenvalue weighted by Crippen LogP contribution is -2.36. The topological polar surface area (TPSA) is 78.0 Å². The predicted molar refractivity (Wildman–Crippen MR) is 130 cm³/mol. The number of carbonyl (C=O) groups is 1. The smallest absolute Gasteiger partial charge is 0.411 e. The number of hydrogen-bond donors (Lipinski definition) is 3. The molecule has 32 heavy (non-hydrogen) atoms. The molecule has 0 radical (unpaired) electrons. The van der Waals surface area contributed by atoms with Crippen LogP contribution < -0.4 is 16.0 Å². The molecule has 0 unspecified atom stereocenters. The Kier molecular flexibility index (Phi) is 9.37. The molecule has 3 rings (SSSR count). The monoisotopic (exact) mass is 437 g/mol. The van der Waals surface area contributed by atoms with Crippen molar-refractivity contribution in [3.63, 3.8) is 0 Å². The normalized spacial score (nSPS) is 14.6. The fourth-order valence-corrected chi connectivity index (χ4v) is 3.70. The van der Waals surface area contributed by atoms with E-state index in [1.165, 1.54) is 50.6 Å². The van der Waals surface area contributed by atoms with Crippen molar-refractivity contribution in [2.45, 2.75) is 45.8 Å². The first-order valence-electron chi connectivity index (χ1n) is 11.4. The fraction of sp³-hybridized carbons (Fsp3) is 0.440. The van der Waals surface area contributed by atoms with Crippen molar-refractivity contribution in [3.05, 3.63) is 65.2 Å². The Hall–Kier alpha value is -3.06. The number of ether oxygens (including phenoxy) is 1. The van der Waals surface area contributed by atoms with Gasteiger partial charge in [-0.25, -0.2) is 9.79 Å². The Balaban J connectivity index is 1.49. The first-order chi connectivity index (χ1) is 15.7. The van der Waals surface area contributed by atoms with Gasteiger partial charge in [-0.2, -0.15) is 0 Å². The molecular weight excluding hydrogens is 402 g/mol. The highest BCUT2D eigenvalue weighted by Gasteiger charge is 2.10. The standard InChI is InChI=1S/C25H35N5O2/c1-3-26-24(28-18-21-11-13-23(14-12-21)29-25(31)32-2)27-17-20-7-9-22(10-8-20)19-30-15-5-4-6-16-30/h7-14H,3-6,15-19H2,1-2H3,(H,29,31)(H2,26,27,28). The van der Waals surface area contributed by atoms with Crippen LogP contribution in [-0.4, -0.2) is 43.7 Å². The number of amides is 1. The summed E-state index contributed by atoms with van der Waals surface area (Å²) >= 11 is 0. The second-order valence-electron chi connectivity index (χ2n) is 8.02. The lowest BCUT2D eigenvalue weighted by atomic mass is 10.1. The zero-order chi connectivity index (χ0) is 22.6. The number of piperidine rings is 1. The highest BCUT2D eigenvalue weighted by Crippen LogP contribution is 2.14. The molecule has 0 aromatic heterocycles. The van der Waals surface area contributed by atoms with Crippen LogP contribution in [0.1, 0.15) is 42.9 Å². The van der Waals surface area contributed by atoms with Gasteiger partial charge in [0.05, 0.1) is 13.7 Å². The third kappa shape index (κ3) is 7.89. The van der Waals surface area contributed by atoms with Gasteiger partial charge in [-0.05, 0) is 61.7 Å². The molecule has 1 saturated heterocycles. The molecule has 1 heterocycles. The lowest BCUT2D eigenvalue weighted by molar-refractivity contribution is 0.187. The zero-order valence-corrected chi connectivity index (χ0v) is 19.2. The Morgan fingerprint density at radius 2 is 1.59 bits per heavy atom. The third-order valence-electron chi connectivity index (χ3n) is 5.49. The molecule has 0 saturated carbocycles. The highest BCUT2D eigenvalue weighted by atomic mass is 16.5. The molecule has 1 aliphatic heterocycles. The van der Waals surface area contributed by atoms with E-state index >= 15 is 0 Å². The van der Waals surface area contributed by atoms with Gasteiger partial charge >= 0.3 is 6.09 Å². The molecule has 7 nitrogen and oxygen atoms in total. The highest BCUT2D eigenvalue weighted by molar-refractivity contribution is 5.84. The van der Waals surface area contributed by atoms with Gasteiger partial charge in [0.1, 0.15) is 0 Å². The van der Waals surface area contributed by atoms with Crippen molar-refractivity contribution < 1.29 is 9.53 Å². The minimum atomic E-state index is -0.478. The predicted octanol–water partition coefficient (Wildman–Crippen LogP) is 4.11. The maximum absolute atomic E-state index is 11.3. The van der Waals surface area contributed by atoms with E-state index in [1.807, 2.05) is 24.3 Å². The fourth-order valence-electron chi connectivity index (χ4n) is 3.70. The molecule has 2 aromatic carbocycles. The van der Waals surface area contributed by atoms with Crippen molar-refractivity contribution in [1.29, 1.82) is 0 Å². The molecular formula is C25H35N5O2. The third-order valence-corrected chi connectivity index (χ3v) is 5.49. The number of aliphatic imine (C=N–C) groups is 1. The lowest BCUT2D eigenvalue weighted by Gasteiger charge is -2.26. The molecule has 1 amide bonds. The van der Waals surface area contributed by atoms with Gasteiger partial charge in [0.25, 0.3) is 0 Å². The molecule has 0 aliphatic carbocycles. The average Bonchev–Trinajstić information content (AvgIpc) is 2.83. The van der Waals surface area contributed by atoms with Crippen LogP contribution in [0.4, 0.5) is 10.5 Å². The van der Waals surface area contributed by atoms with Gasteiger partial charge in [-0.3, -0.25) is 10.2 Å². The van der Waals surface area contributed by atoms with E-state index in [4.69, 9.17) is 0 Å². The molecule has 1 fully saturated rings. The van der Waals surface area contributed by atoms with E-state index in [2.05, 4.69) is 61.8 Å². The van der Waals surface area contributed by atoms with Gasteiger partial charge in [-0.15, -0.1) is 0 Å². The Morgan fingerprint density at radius 3 is 2.25 bits per heavy atom. The van der Waals surface area contributed by atoms with Crippen LogP contribution in [0.3, 0.4) is 0 Å². The van der Waals surface area contributed by atoms with Crippen LogP contribution >= 0.6 is 0 Å². The number of nitrogens with one attached hydrogen (secondary N) is 3. The van der Waals surface area contributed by atoms with E-state index in [0.717, 1.165) is 31.2 Å². The van der Waals surface area contributed by atoms with Gasteiger partial charge in [0.2, 0.25) is 0 Å². The van der Waals surface area contributed by atoms with E-state index in [9.17, 15) is 4.79 Å². The number of hydrogen-bond acceptors (Lipinski definition) is 4. The second kappa shape index (κ2) is 12.7.